The second-order valence-electron chi connectivity index (χ2n) is 4.93. The molecule has 0 unspecified atom stereocenters. The van der Waals surface area contributed by atoms with Crippen LogP contribution in [0.4, 0.5) is 0 Å². The summed E-state index contributed by atoms with van der Waals surface area (Å²) < 4.78 is 1.94. The van der Waals surface area contributed by atoms with E-state index in [9.17, 15) is 4.79 Å². The molecule has 3 aromatic rings. The van der Waals surface area contributed by atoms with Crippen LogP contribution in [0.3, 0.4) is 0 Å². The average Bonchev–Trinajstić information content (AvgIpc) is 2.77. The van der Waals surface area contributed by atoms with Crippen LogP contribution in [-0.4, -0.2) is 10.7 Å². The maximum absolute atomic E-state index is 11.4. The van der Waals surface area contributed by atoms with Gasteiger partial charge in [0.1, 0.15) is 0 Å². The van der Waals surface area contributed by atoms with Crippen LogP contribution in [0.15, 0.2) is 48.7 Å². The number of nitrogens with zero attached hydrogens (tertiary/aromatic N) is 1. The third kappa shape index (κ3) is 1.95. The fourth-order valence-corrected chi connectivity index (χ4v) is 2.40. The highest BCUT2D eigenvalue weighted by Gasteiger charge is 2.11. The average molecular weight is 249 g/mol. The Balaban J connectivity index is 2.28. The number of hydrogen-bond donors (Lipinski definition) is 0. The van der Waals surface area contributed by atoms with Crippen LogP contribution < -0.4 is 0 Å². The Morgan fingerprint density at radius 2 is 1.68 bits per heavy atom. The molecular weight excluding hydrogens is 234 g/mol. The first kappa shape index (κ1) is 11.7. The van der Waals surface area contributed by atoms with E-state index in [4.69, 9.17) is 0 Å². The molecule has 0 aliphatic rings. The molecule has 3 rings (SSSR count). The Morgan fingerprint density at radius 1 is 0.947 bits per heavy atom. The first-order chi connectivity index (χ1) is 9.19. The van der Waals surface area contributed by atoms with E-state index in [0.29, 0.717) is 5.69 Å². The molecule has 0 saturated carbocycles. The van der Waals surface area contributed by atoms with E-state index in [0.717, 1.165) is 22.9 Å². The van der Waals surface area contributed by atoms with Gasteiger partial charge >= 0.3 is 0 Å². The second-order valence-corrected chi connectivity index (χ2v) is 4.93. The smallest absolute Gasteiger partial charge is 0.167 e. The maximum atomic E-state index is 11.4. The van der Waals surface area contributed by atoms with Gasteiger partial charge in [0.15, 0.2) is 6.29 Å². The molecule has 0 radical (unpaired) electrons. The van der Waals surface area contributed by atoms with E-state index in [1.807, 2.05) is 16.7 Å². The molecule has 0 aliphatic carbocycles. The first-order valence-corrected chi connectivity index (χ1v) is 6.33. The fraction of sp³-hybridized carbons (Fsp3) is 0.118. The molecule has 94 valence electrons. The van der Waals surface area contributed by atoms with Gasteiger partial charge in [-0.25, -0.2) is 0 Å². The van der Waals surface area contributed by atoms with Crippen molar-refractivity contribution < 1.29 is 4.79 Å². The molecule has 0 fully saturated rings. The zero-order valence-corrected chi connectivity index (χ0v) is 11.1. The minimum atomic E-state index is 0.707. The molecule has 0 spiro atoms. The van der Waals surface area contributed by atoms with E-state index >= 15 is 0 Å². The number of aryl methyl sites for hydroxylation is 2. The van der Waals surface area contributed by atoms with Crippen molar-refractivity contribution in [3.63, 3.8) is 0 Å². The first-order valence-electron chi connectivity index (χ1n) is 6.33. The van der Waals surface area contributed by atoms with Crippen LogP contribution in [0.2, 0.25) is 0 Å². The van der Waals surface area contributed by atoms with Crippen LogP contribution in [0.5, 0.6) is 0 Å². The lowest BCUT2D eigenvalue weighted by molar-refractivity contribution is 0.111. The summed E-state index contributed by atoms with van der Waals surface area (Å²) in [6.45, 7) is 4.11. The summed E-state index contributed by atoms with van der Waals surface area (Å²) in [4.78, 5) is 11.4. The number of hydrogen-bond acceptors (Lipinski definition) is 1. The van der Waals surface area contributed by atoms with Gasteiger partial charge in [0.25, 0.3) is 0 Å². The Bertz CT molecular complexity index is 751. The van der Waals surface area contributed by atoms with Gasteiger partial charge in [-0.3, -0.25) is 4.79 Å². The van der Waals surface area contributed by atoms with Crippen LogP contribution in [0, 0.1) is 13.8 Å². The molecule has 0 N–H and O–H groups in total. The molecule has 2 aromatic heterocycles. The van der Waals surface area contributed by atoms with Gasteiger partial charge in [-0.15, -0.1) is 0 Å². The number of rotatable bonds is 2. The van der Waals surface area contributed by atoms with E-state index in [2.05, 4.69) is 50.2 Å². The number of carbonyl (C=O) groups excluding carboxylic acids is 1. The molecule has 0 aliphatic heterocycles. The summed E-state index contributed by atoms with van der Waals surface area (Å²) in [5.74, 6) is 0. The van der Waals surface area contributed by atoms with Crippen LogP contribution >= 0.6 is 0 Å². The number of aromatic nitrogens is 1. The summed E-state index contributed by atoms with van der Waals surface area (Å²) in [6.07, 6.45) is 2.88. The highest BCUT2D eigenvalue weighted by molar-refractivity contribution is 5.89. The fourth-order valence-electron chi connectivity index (χ4n) is 2.40. The normalized spacial score (nSPS) is 10.8. The van der Waals surface area contributed by atoms with Gasteiger partial charge in [-0.1, -0.05) is 29.8 Å². The number of aldehydes is 1. The molecule has 0 bridgehead atoms. The number of benzene rings is 1. The third-order valence-electron chi connectivity index (χ3n) is 3.44. The zero-order valence-electron chi connectivity index (χ0n) is 11.1. The predicted octanol–water partition coefficient (Wildman–Crippen LogP) is 4.04. The minimum Gasteiger partial charge on any atom is -0.314 e. The predicted molar refractivity (Wildman–Crippen MR) is 77.7 cm³/mol. The van der Waals surface area contributed by atoms with E-state index < -0.39 is 0 Å². The quantitative estimate of drug-likeness (QED) is 0.628. The molecule has 0 amide bonds. The lowest BCUT2D eigenvalue weighted by atomic mass is 10.0. The highest BCUT2D eigenvalue weighted by atomic mass is 16.1. The molecular formula is C17H15NO. The van der Waals surface area contributed by atoms with Gasteiger partial charge in [0.2, 0.25) is 0 Å². The topological polar surface area (TPSA) is 21.5 Å². The third-order valence-corrected chi connectivity index (χ3v) is 3.44. The van der Waals surface area contributed by atoms with Crippen molar-refractivity contribution >= 4 is 11.8 Å². The van der Waals surface area contributed by atoms with E-state index in [1.165, 1.54) is 11.1 Å². The Labute approximate surface area is 112 Å². The number of pyridine rings is 1. The van der Waals surface area contributed by atoms with E-state index in [-0.39, 0.29) is 0 Å². The van der Waals surface area contributed by atoms with Crippen molar-refractivity contribution in [1.29, 1.82) is 0 Å². The largest absolute Gasteiger partial charge is 0.314 e. The lowest BCUT2D eigenvalue weighted by Crippen LogP contribution is -1.92. The Hall–Kier alpha value is -2.35. The van der Waals surface area contributed by atoms with Crippen molar-refractivity contribution in [2.75, 3.05) is 0 Å². The summed E-state index contributed by atoms with van der Waals surface area (Å²) in [5, 5.41) is 0. The SMILES string of the molecule is Cc1ccc(-c2cc3cc(C)ccn3c2C=O)cc1. The standard InChI is InChI=1S/C17H15NO/c1-12-3-5-14(6-4-12)16-10-15-9-13(2)7-8-18(15)17(16)11-19/h3-11H,1-2H3. The molecule has 1 aromatic carbocycles. The molecule has 2 nitrogen and oxygen atoms in total. The monoisotopic (exact) mass is 249 g/mol. The van der Waals surface area contributed by atoms with Gasteiger partial charge in [0, 0.05) is 17.3 Å². The summed E-state index contributed by atoms with van der Waals surface area (Å²) in [5.41, 5.74) is 6.24. The van der Waals surface area contributed by atoms with Gasteiger partial charge in [-0.05, 0) is 43.2 Å². The van der Waals surface area contributed by atoms with Crippen molar-refractivity contribution in [3.8, 4) is 11.1 Å². The molecule has 2 heterocycles. The Kier molecular flexibility index (Phi) is 2.71. The second kappa shape index (κ2) is 4.39. The summed E-state index contributed by atoms with van der Waals surface area (Å²) in [6, 6.07) is 14.4. The minimum absolute atomic E-state index is 0.707. The highest BCUT2D eigenvalue weighted by Crippen LogP contribution is 2.27. The number of fused-ring (bicyclic) bond motifs is 1. The lowest BCUT2D eigenvalue weighted by Gasteiger charge is -2.01. The van der Waals surface area contributed by atoms with Gasteiger partial charge < -0.3 is 4.40 Å². The maximum Gasteiger partial charge on any atom is 0.167 e. The molecule has 0 atom stereocenters. The van der Waals surface area contributed by atoms with E-state index in [1.54, 1.807) is 0 Å². The van der Waals surface area contributed by atoms with Gasteiger partial charge in [0.05, 0.1) is 5.69 Å². The van der Waals surface area contributed by atoms with Crippen molar-refractivity contribution in [2.45, 2.75) is 13.8 Å². The van der Waals surface area contributed by atoms with Crippen LogP contribution in [0.25, 0.3) is 16.6 Å². The van der Waals surface area contributed by atoms with Crippen LogP contribution in [-0.2, 0) is 0 Å². The number of carbonyl (C=O) groups is 1. The zero-order chi connectivity index (χ0) is 13.4. The van der Waals surface area contributed by atoms with Crippen molar-refractivity contribution in [3.05, 3.63) is 65.5 Å². The summed E-state index contributed by atoms with van der Waals surface area (Å²) in [7, 11) is 0. The van der Waals surface area contributed by atoms with Gasteiger partial charge in [-0.2, -0.15) is 0 Å². The summed E-state index contributed by atoms with van der Waals surface area (Å²) >= 11 is 0. The molecule has 2 heteroatoms. The molecule has 0 saturated heterocycles. The van der Waals surface area contributed by atoms with Crippen molar-refractivity contribution in [1.82, 2.24) is 4.40 Å². The molecule has 19 heavy (non-hydrogen) atoms. The van der Waals surface area contributed by atoms with Crippen molar-refractivity contribution in [2.24, 2.45) is 0 Å². The Morgan fingerprint density at radius 3 is 2.37 bits per heavy atom. The van der Waals surface area contributed by atoms with Crippen LogP contribution in [0.1, 0.15) is 21.6 Å².